The van der Waals surface area contributed by atoms with E-state index in [2.05, 4.69) is 10.3 Å². The van der Waals surface area contributed by atoms with Crippen LogP contribution in [0.2, 0.25) is 0 Å². The van der Waals surface area contributed by atoms with E-state index >= 15 is 0 Å². The molecule has 1 atom stereocenters. The fourth-order valence-corrected chi connectivity index (χ4v) is 2.72. The lowest BCUT2D eigenvalue weighted by atomic mass is 10.00. The summed E-state index contributed by atoms with van der Waals surface area (Å²) in [6, 6.07) is 11.1. The van der Waals surface area contributed by atoms with Gasteiger partial charge in [-0.25, -0.2) is 8.42 Å². The second kappa shape index (κ2) is 6.15. The zero-order chi connectivity index (χ0) is 14.6. The molecular weight excluding hydrogens is 272 g/mol. The molecule has 0 aliphatic heterocycles. The second-order valence-electron chi connectivity index (χ2n) is 4.74. The van der Waals surface area contributed by atoms with Crippen molar-refractivity contribution in [3.63, 3.8) is 0 Å². The first-order valence-electron chi connectivity index (χ1n) is 6.37. The number of likely N-dealkylation sites (N-methyl/N-ethyl adjacent to an activating group) is 1. The number of nitrogens with one attached hydrogen (secondary N) is 1. The molecule has 0 fully saturated rings. The molecule has 1 aromatic heterocycles. The molecule has 1 heterocycles. The zero-order valence-corrected chi connectivity index (χ0v) is 12.4. The van der Waals surface area contributed by atoms with Crippen LogP contribution < -0.4 is 5.32 Å². The Hall–Kier alpha value is -1.72. The maximum absolute atomic E-state index is 11.5. The Labute approximate surface area is 119 Å². The van der Waals surface area contributed by atoms with Crippen molar-refractivity contribution >= 4 is 9.84 Å². The Morgan fingerprint density at radius 3 is 2.20 bits per heavy atom. The SMILES string of the molecule is CNC(Cc1ccncc1)c1ccc(S(C)(=O)=O)cc1. The number of aromatic nitrogens is 1. The molecule has 0 saturated carbocycles. The van der Waals surface area contributed by atoms with Crippen molar-refractivity contribution in [2.45, 2.75) is 17.4 Å². The average Bonchev–Trinajstić information content (AvgIpc) is 2.45. The Bertz CT molecular complexity index is 652. The van der Waals surface area contributed by atoms with Gasteiger partial charge in [0.05, 0.1) is 4.90 Å². The maximum atomic E-state index is 11.5. The molecule has 2 rings (SSSR count). The van der Waals surface area contributed by atoms with E-state index in [4.69, 9.17) is 0 Å². The largest absolute Gasteiger partial charge is 0.313 e. The molecule has 5 heteroatoms. The van der Waals surface area contributed by atoms with Gasteiger partial charge in [-0.2, -0.15) is 0 Å². The minimum atomic E-state index is -3.14. The van der Waals surface area contributed by atoms with E-state index in [-0.39, 0.29) is 6.04 Å². The number of hydrogen-bond donors (Lipinski definition) is 1. The summed E-state index contributed by atoms with van der Waals surface area (Å²) < 4.78 is 22.9. The lowest BCUT2D eigenvalue weighted by Crippen LogP contribution is -2.18. The van der Waals surface area contributed by atoms with Crippen molar-refractivity contribution < 1.29 is 8.42 Å². The first kappa shape index (κ1) is 14.7. The van der Waals surface area contributed by atoms with E-state index < -0.39 is 9.84 Å². The standard InChI is InChI=1S/C15H18N2O2S/c1-16-15(11-12-7-9-17-10-8-12)13-3-5-14(6-4-13)20(2,18)19/h3-10,15-16H,11H2,1-2H3. The highest BCUT2D eigenvalue weighted by Gasteiger charge is 2.12. The third-order valence-corrected chi connectivity index (χ3v) is 4.38. The lowest BCUT2D eigenvalue weighted by molar-refractivity contribution is 0.589. The third kappa shape index (κ3) is 3.65. The van der Waals surface area contributed by atoms with Crippen molar-refractivity contribution in [2.24, 2.45) is 0 Å². The number of rotatable bonds is 5. The Morgan fingerprint density at radius 1 is 1.10 bits per heavy atom. The average molecular weight is 290 g/mol. The van der Waals surface area contributed by atoms with Crippen molar-refractivity contribution in [3.05, 3.63) is 59.9 Å². The number of benzene rings is 1. The van der Waals surface area contributed by atoms with Gasteiger partial charge in [-0.05, 0) is 48.9 Å². The molecule has 106 valence electrons. The number of pyridine rings is 1. The maximum Gasteiger partial charge on any atom is 0.175 e. The normalized spacial score (nSPS) is 13.1. The van der Waals surface area contributed by atoms with Crippen LogP contribution in [-0.2, 0) is 16.3 Å². The van der Waals surface area contributed by atoms with Gasteiger partial charge in [0.15, 0.2) is 9.84 Å². The first-order chi connectivity index (χ1) is 9.50. The van der Waals surface area contributed by atoms with Crippen molar-refractivity contribution in [1.82, 2.24) is 10.3 Å². The first-order valence-corrected chi connectivity index (χ1v) is 8.26. The van der Waals surface area contributed by atoms with Gasteiger partial charge in [-0.15, -0.1) is 0 Å². The van der Waals surface area contributed by atoms with Gasteiger partial charge in [0.1, 0.15) is 0 Å². The Balaban J connectivity index is 2.20. The Morgan fingerprint density at radius 2 is 1.70 bits per heavy atom. The molecule has 0 bridgehead atoms. The minimum absolute atomic E-state index is 0.144. The van der Waals surface area contributed by atoms with Crippen LogP contribution in [0.5, 0.6) is 0 Å². The van der Waals surface area contributed by atoms with E-state index in [1.807, 2.05) is 31.3 Å². The van der Waals surface area contributed by atoms with Gasteiger partial charge in [0.2, 0.25) is 0 Å². The molecule has 0 aliphatic rings. The van der Waals surface area contributed by atoms with Crippen molar-refractivity contribution in [1.29, 1.82) is 0 Å². The summed E-state index contributed by atoms with van der Waals surface area (Å²) in [7, 11) is -1.24. The van der Waals surface area contributed by atoms with Crippen molar-refractivity contribution in [3.8, 4) is 0 Å². The highest BCUT2D eigenvalue weighted by Crippen LogP contribution is 2.20. The van der Waals surface area contributed by atoms with E-state index in [1.54, 1.807) is 24.5 Å². The van der Waals surface area contributed by atoms with Gasteiger partial charge in [0, 0.05) is 24.7 Å². The molecule has 0 amide bonds. The van der Waals surface area contributed by atoms with Crippen LogP contribution in [0.3, 0.4) is 0 Å². The van der Waals surface area contributed by atoms with E-state index in [0.717, 1.165) is 12.0 Å². The number of sulfone groups is 1. The topological polar surface area (TPSA) is 59.1 Å². The van der Waals surface area contributed by atoms with E-state index in [0.29, 0.717) is 4.90 Å². The molecular formula is C15H18N2O2S. The van der Waals surface area contributed by atoms with Crippen LogP contribution >= 0.6 is 0 Å². The summed E-state index contributed by atoms with van der Waals surface area (Å²) in [6.07, 6.45) is 5.59. The molecule has 1 aromatic carbocycles. The predicted octanol–water partition coefficient (Wildman–Crippen LogP) is 1.99. The van der Waals surface area contributed by atoms with Crippen molar-refractivity contribution in [2.75, 3.05) is 13.3 Å². The molecule has 1 N–H and O–H groups in total. The van der Waals surface area contributed by atoms with Crippen LogP contribution in [0.25, 0.3) is 0 Å². The predicted molar refractivity (Wildman–Crippen MR) is 79.3 cm³/mol. The number of nitrogens with zero attached hydrogens (tertiary/aromatic N) is 1. The summed E-state index contributed by atoms with van der Waals surface area (Å²) in [6.45, 7) is 0. The van der Waals surface area contributed by atoms with Crippen LogP contribution in [0, 0.1) is 0 Å². The lowest BCUT2D eigenvalue weighted by Gasteiger charge is -2.17. The summed E-state index contributed by atoms with van der Waals surface area (Å²) >= 11 is 0. The van der Waals surface area contributed by atoms with Crippen LogP contribution in [0.1, 0.15) is 17.2 Å². The molecule has 4 nitrogen and oxygen atoms in total. The summed E-state index contributed by atoms with van der Waals surface area (Å²) in [5.41, 5.74) is 2.25. The quantitative estimate of drug-likeness (QED) is 0.915. The second-order valence-corrected chi connectivity index (χ2v) is 6.76. The van der Waals surface area contributed by atoms with Gasteiger partial charge < -0.3 is 5.32 Å². The van der Waals surface area contributed by atoms with Gasteiger partial charge in [-0.3, -0.25) is 4.98 Å². The van der Waals surface area contributed by atoms with E-state index in [9.17, 15) is 8.42 Å². The zero-order valence-electron chi connectivity index (χ0n) is 11.6. The molecule has 0 radical (unpaired) electrons. The summed E-state index contributed by atoms with van der Waals surface area (Å²) in [4.78, 5) is 4.35. The smallest absolute Gasteiger partial charge is 0.175 e. The van der Waals surface area contributed by atoms with Gasteiger partial charge in [-0.1, -0.05) is 12.1 Å². The fraction of sp³-hybridized carbons (Fsp3) is 0.267. The highest BCUT2D eigenvalue weighted by atomic mass is 32.2. The summed E-state index contributed by atoms with van der Waals surface area (Å²) in [5, 5.41) is 3.26. The molecule has 20 heavy (non-hydrogen) atoms. The monoisotopic (exact) mass is 290 g/mol. The highest BCUT2D eigenvalue weighted by molar-refractivity contribution is 7.90. The van der Waals surface area contributed by atoms with Gasteiger partial charge in [0.25, 0.3) is 0 Å². The van der Waals surface area contributed by atoms with E-state index in [1.165, 1.54) is 11.8 Å². The minimum Gasteiger partial charge on any atom is -0.313 e. The molecule has 0 aliphatic carbocycles. The molecule has 0 spiro atoms. The van der Waals surface area contributed by atoms with Gasteiger partial charge >= 0.3 is 0 Å². The van der Waals surface area contributed by atoms with Crippen LogP contribution in [0.15, 0.2) is 53.7 Å². The molecule has 2 aromatic rings. The van der Waals surface area contributed by atoms with Crippen LogP contribution in [-0.4, -0.2) is 26.7 Å². The summed E-state index contributed by atoms with van der Waals surface area (Å²) in [5.74, 6) is 0. The number of hydrogen-bond acceptors (Lipinski definition) is 4. The third-order valence-electron chi connectivity index (χ3n) is 3.25. The van der Waals surface area contributed by atoms with Crippen LogP contribution in [0.4, 0.5) is 0 Å². The molecule has 0 saturated heterocycles. The Kier molecular flexibility index (Phi) is 4.52. The molecule has 1 unspecified atom stereocenters. The fourth-order valence-electron chi connectivity index (χ4n) is 2.09.